The van der Waals surface area contributed by atoms with Crippen LogP contribution in [0.25, 0.3) is 11.0 Å². The summed E-state index contributed by atoms with van der Waals surface area (Å²) in [5, 5.41) is 11.2. The summed E-state index contributed by atoms with van der Waals surface area (Å²) in [4.78, 5) is 16.7. The number of aryl methyl sites for hydroxylation is 1. The molecule has 0 aliphatic rings. The van der Waals surface area contributed by atoms with E-state index in [9.17, 15) is 9.90 Å². The molecular formula is C15H12BrClN2O2. The summed E-state index contributed by atoms with van der Waals surface area (Å²) in [7, 11) is 0. The molecule has 1 aromatic heterocycles. The molecule has 0 radical (unpaired) electrons. The van der Waals surface area contributed by atoms with E-state index in [1.807, 2.05) is 19.1 Å². The Balaban J connectivity index is 2.11. The van der Waals surface area contributed by atoms with Crippen LogP contribution in [0, 0.1) is 6.92 Å². The molecule has 0 aliphatic heterocycles. The highest BCUT2D eigenvalue weighted by atomic mass is 79.9. The molecule has 4 nitrogen and oxygen atoms in total. The van der Waals surface area contributed by atoms with Crippen LogP contribution in [0.2, 0.25) is 5.02 Å². The number of aromatic amines is 2. The summed E-state index contributed by atoms with van der Waals surface area (Å²) in [5.74, 6) is 0. The zero-order valence-corrected chi connectivity index (χ0v) is 13.4. The highest BCUT2D eigenvalue weighted by Gasteiger charge is 2.16. The molecule has 6 heteroatoms. The Morgan fingerprint density at radius 2 is 1.86 bits per heavy atom. The van der Waals surface area contributed by atoms with Crippen molar-refractivity contribution < 1.29 is 5.11 Å². The van der Waals surface area contributed by atoms with Crippen LogP contribution in [0.4, 0.5) is 0 Å². The SMILES string of the molecule is Cc1ccc(C(O)c2cc3[nH]c(=O)[nH]c3cc2Br)cc1Cl. The van der Waals surface area contributed by atoms with Gasteiger partial charge in [-0.1, -0.05) is 39.7 Å². The minimum Gasteiger partial charge on any atom is -0.384 e. The van der Waals surface area contributed by atoms with Gasteiger partial charge in [0.2, 0.25) is 0 Å². The molecule has 0 spiro atoms. The van der Waals surface area contributed by atoms with Gasteiger partial charge in [0.15, 0.2) is 0 Å². The third-order valence-corrected chi connectivity index (χ3v) is 4.53. The number of nitrogens with one attached hydrogen (secondary N) is 2. The fraction of sp³-hybridized carbons (Fsp3) is 0.133. The zero-order chi connectivity index (χ0) is 15.1. The molecule has 3 rings (SSSR count). The molecule has 0 saturated carbocycles. The summed E-state index contributed by atoms with van der Waals surface area (Å²) in [5.41, 5.74) is 3.38. The number of fused-ring (bicyclic) bond motifs is 1. The molecule has 0 amide bonds. The van der Waals surface area contributed by atoms with E-state index in [0.29, 0.717) is 27.2 Å². The lowest BCUT2D eigenvalue weighted by Crippen LogP contribution is -2.01. The van der Waals surface area contributed by atoms with Crippen LogP contribution in [0.5, 0.6) is 0 Å². The Kier molecular flexibility index (Phi) is 3.65. The second kappa shape index (κ2) is 5.33. The predicted octanol–water partition coefficient (Wildman–Crippen LogP) is 3.66. The smallest absolute Gasteiger partial charge is 0.323 e. The molecule has 0 aliphatic carbocycles. The largest absolute Gasteiger partial charge is 0.384 e. The Hall–Kier alpha value is -1.56. The normalized spacial score (nSPS) is 12.8. The Morgan fingerprint density at radius 3 is 2.52 bits per heavy atom. The lowest BCUT2D eigenvalue weighted by Gasteiger charge is -2.14. The van der Waals surface area contributed by atoms with Crippen molar-refractivity contribution in [2.45, 2.75) is 13.0 Å². The second-order valence-electron chi connectivity index (χ2n) is 4.91. The summed E-state index contributed by atoms with van der Waals surface area (Å²) >= 11 is 9.54. The van der Waals surface area contributed by atoms with Gasteiger partial charge in [0.05, 0.1) is 11.0 Å². The first kappa shape index (κ1) is 14.4. The van der Waals surface area contributed by atoms with Crippen molar-refractivity contribution >= 4 is 38.6 Å². The number of halogens is 2. The van der Waals surface area contributed by atoms with Gasteiger partial charge < -0.3 is 15.1 Å². The number of H-pyrrole nitrogens is 2. The topological polar surface area (TPSA) is 68.9 Å². The summed E-state index contributed by atoms with van der Waals surface area (Å²) in [6.45, 7) is 1.91. The van der Waals surface area contributed by atoms with E-state index in [-0.39, 0.29) is 5.69 Å². The lowest BCUT2D eigenvalue weighted by molar-refractivity contribution is 0.219. The highest BCUT2D eigenvalue weighted by Crippen LogP contribution is 2.32. The molecule has 0 saturated heterocycles. The number of hydrogen-bond donors (Lipinski definition) is 3. The van der Waals surface area contributed by atoms with Crippen molar-refractivity contribution in [3.05, 3.63) is 67.0 Å². The fourth-order valence-corrected chi connectivity index (χ4v) is 2.99. The van der Waals surface area contributed by atoms with Crippen molar-refractivity contribution in [3.63, 3.8) is 0 Å². The first-order valence-electron chi connectivity index (χ1n) is 6.31. The summed E-state index contributed by atoms with van der Waals surface area (Å²) in [6.07, 6.45) is -0.833. The molecular weight excluding hydrogens is 356 g/mol. The van der Waals surface area contributed by atoms with Gasteiger partial charge in [0.1, 0.15) is 6.10 Å². The minimum absolute atomic E-state index is 0.276. The van der Waals surface area contributed by atoms with Crippen LogP contribution in [-0.4, -0.2) is 15.1 Å². The quantitative estimate of drug-likeness (QED) is 0.647. The van der Waals surface area contributed by atoms with Crippen molar-refractivity contribution in [2.24, 2.45) is 0 Å². The van der Waals surface area contributed by atoms with Crippen molar-refractivity contribution in [1.82, 2.24) is 9.97 Å². The molecule has 1 unspecified atom stereocenters. The Morgan fingerprint density at radius 1 is 1.19 bits per heavy atom. The monoisotopic (exact) mass is 366 g/mol. The van der Waals surface area contributed by atoms with Crippen molar-refractivity contribution in [1.29, 1.82) is 0 Å². The standard InChI is InChI=1S/C15H12BrClN2O2/c1-7-2-3-8(4-11(7)17)14(20)9-5-12-13(6-10(9)16)19-15(21)18-12/h2-6,14,20H,1H3,(H2,18,19,21). The number of aromatic nitrogens is 2. The van der Waals surface area contributed by atoms with Crippen LogP contribution < -0.4 is 5.69 Å². The Bertz CT molecular complexity index is 885. The third kappa shape index (κ3) is 2.64. The molecule has 3 aromatic rings. The predicted molar refractivity (Wildman–Crippen MR) is 86.9 cm³/mol. The molecule has 108 valence electrons. The van der Waals surface area contributed by atoms with Crippen molar-refractivity contribution in [2.75, 3.05) is 0 Å². The molecule has 0 fully saturated rings. The maximum atomic E-state index is 11.3. The summed E-state index contributed by atoms with van der Waals surface area (Å²) < 4.78 is 0.717. The van der Waals surface area contributed by atoms with E-state index in [0.717, 1.165) is 10.0 Å². The van der Waals surface area contributed by atoms with Gasteiger partial charge in [-0.2, -0.15) is 0 Å². The van der Waals surface area contributed by atoms with Crippen LogP contribution in [-0.2, 0) is 0 Å². The average Bonchev–Trinajstić information content (AvgIpc) is 2.79. The number of benzene rings is 2. The second-order valence-corrected chi connectivity index (χ2v) is 6.17. The molecule has 1 atom stereocenters. The van der Waals surface area contributed by atoms with Gasteiger partial charge in [0.25, 0.3) is 0 Å². The van der Waals surface area contributed by atoms with E-state index in [4.69, 9.17) is 11.6 Å². The van der Waals surface area contributed by atoms with E-state index >= 15 is 0 Å². The van der Waals surface area contributed by atoms with Crippen LogP contribution in [0.15, 0.2) is 39.6 Å². The van der Waals surface area contributed by atoms with Crippen LogP contribution in [0.1, 0.15) is 22.8 Å². The molecule has 3 N–H and O–H groups in total. The number of aliphatic hydroxyl groups is 1. The maximum absolute atomic E-state index is 11.3. The first-order valence-corrected chi connectivity index (χ1v) is 7.48. The first-order chi connectivity index (χ1) is 9.95. The van der Waals surface area contributed by atoms with Gasteiger partial charge in [-0.15, -0.1) is 0 Å². The summed E-state index contributed by atoms with van der Waals surface area (Å²) in [6, 6.07) is 8.96. The van der Waals surface area contributed by atoms with E-state index < -0.39 is 6.10 Å². The van der Waals surface area contributed by atoms with E-state index in [2.05, 4.69) is 25.9 Å². The molecule has 1 heterocycles. The third-order valence-electron chi connectivity index (χ3n) is 3.44. The molecule has 21 heavy (non-hydrogen) atoms. The zero-order valence-electron chi connectivity index (χ0n) is 11.1. The maximum Gasteiger partial charge on any atom is 0.323 e. The van der Waals surface area contributed by atoms with E-state index in [1.54, 1.807) is 18.2 Å². The van der Waals surface area contributed by atoms with Crippen LogP contribution in [0.3, 0.4) is 0 Å². The number of aliphatic hydroxyl groups excluding tert-OH is 1. The number of imidazole rings is 1. The molecule has 0 bridgehead atoms. The molecule has 2 aromatic carbocycles. The fourth-order valence-electron chi connectivity index (χ4n) is 2.24. The minimum atomic E-state index is -0.833. The van der Waals surface area contributed by atoms with Gasteiger partial charge in [-0.05, 0) is 36.2 Å². The number of hydrogen-bond acceptors (Lipinski definition) is 2. The average molecular weight is 368 g/mol. The Labute approximate surface area is 133 Å². The highest BCUT2D eigenvalue weighted by molar-refractivity contribution is 9.10. The number of rotatable bonds is 2. The van der Waals surface area contributed by atoms with Crippen molar-refractivity contribution in [3.8, 4) is 0 Å². The van der Waals surface area contributed by atoms with E-state index in [1.165, 1.54) is 0 Å². The lowest BCUT2D eigenvalue weighted by atomic mass is 10.00. The van der Waals surface area contributed by atoms with Gasteiger partial charge in [0, 0.05) is 15.1 Å². The van der Waals surface area contributed by atoms with Gasteiger partial charge in [-0.25, -0.2) is 4.79 Å². The van der Waals surface area contributed by atoms with Gasteiger partial charge >= 0.3 is 5.69 Å². The van der Waals surface area contributed by atoms with Gasteiger partial charge in [-0.3, -0.25) is 0 Å². The van der Waals surface area contributed by atoms with Crippen LogP contribution >= 0.6 is 27.5 Å².